The lowest BCUT2D eigenvalue weighted by Gasteiger charge is -1.95. The number of nitriles is 1. The second-order valence-corrected chi connectivity index (χ2v) is 2.64. The number of aliphatic carboxylic acids is 1. The first kappa shape index (κ1) is 9.81. The van der Waals surface area contributed by atoms with Crippen LogP contribution in [0.4, 0.5) is 5.69 Å². The van der Waals surface area contributed by atoms with E-state index in [1.165, 1.54) is 6.08 Å². The minimum absolute atomic E-state index is 0.297. The van der Waals surface area contributed by atoms with Gasteiger partial charge in [-0.15, -0.1) is 0 Å². The highest BCUT2D eigenvalue weighted by atomic mass is 16.4. The van der Waals surface area contributed by atoms with E-state index in [9.17, 15) is 4.79 Å². The summed E-state index contributed by atoms with van der Waals surface area (Å²) in [6.07, 6.45) is 1.29. The van der Waals surface area contributed by atoms with Crippen LogP contribution < -0.4 is 5.73 Å². The molecule has 1 rings (SSSR count). The van der Waals surface area contributed by atoms with E-state index in [4.69, 9.17) is 16.1 Å². The van der Waals surface area contributed by atoms with Gasteiger partial charge in [-0.05, 0) is 23.8 Å². The summed E-state index contributed by atoms with van der Waals surface area (Å²) in [6, 6.07) is 8.17. The molecule has 0 heterocycles. The molecule has 4 heteroatoms. The van der Waals surface area contributed by atoms with Gasteiger partial charge in [-0.25, -0.2) is 4.79 Å². The SMILES string of the molecule is N#C/C(=C\c1ccc(N)cc1)C(=O)O. The van der Waals surface area contributed by atoms with Gasteiger partial charge in [0.15, 0.2) is 0 Å². The molecule has 0 aliphatic heterocycles. The van der Waals surface area contributed by atoms with Crippen molar-refractivity contribution in [1.82, 2.24) is 0 Å². The summed E-state index contributed by atoms with van der Waals surface area (Å²) in [6.45, 7) is 0. The molecule has 0 aromatic heterocycles. The third-order valence-corrected chi connectivity index (χ3v) is 1.60. The van der Waals surface area contributed by atoms with Crippen LogP contribution in [0.1, 0.15) is 5.56 Å². The first-order valence-electron chi connectivity index (χ1n) is 3.84. The minimum Gasteiger partial charge on any atom is -0.477 e. The zero-order valence-electron chi connectivity index (χ0n) is 7.27. The number of rotatable bonds is 2. The number of nitrogens with zero attached hydrogens (tertiary/aromatic N) is 1. The van der Waals surface area contributed by atoms with Crippen molar-refractivity contribution in [3.8, 4) is 6.07 Å². The lowest BCUT2D eigenvalue weighted by atomic mass is 10.1. The Morgan fingerprint density at radius 3 is 2.43 bits per heavy atom. The molecule has 0 amide bonds. The average Bonchev–Trinajstić information content (AvgIpc) is 2.16. The Hall–Kier alpha value is -2.28. The van der Waals surface area contributed by atoms with Crippen molar-refractivity contribution < 1.29 is 9.90 Å². The van der Waals surface area contributed by atoms with E-state index in [2.05, 4.69) is 0 Å². The van der Waals surface area contributed by atoms with Crippen molar-refractivity contribution in [2.24, 2.45) is 0 Å². The van der Waals surface area contributed by atoms with E-state index in [0.717, 1.165) is 0 Å². The Balaban J connectivity index is 3.03. The van der Waals surface area contributed by atoms with E-state index in [1.54, 1.807) is 30.3 Å². The van der Waals surface area contributed by atoms with E-state index < -0.39 is 5.97 Å². The molecular formula is C10H8N2O2. The molecule has 70 valence electrons. The van der Waals surface area contributed by atoms with Gasteiger partial charge in [0.1, 0.15) is 11.6 Å². The van der Waals surface area contributed by atoms with Crippen molar-refractivity contribution in [2.45, 2.75) is 0 Å². The van der Waals surface area contributed by atoms with Crippen LogP contribution in [0.15, 0.2) is 29.8 Å². The monoisotopic (exact) mass is 188 g/mol. The van der Waals surface area contributed by atoms with Gasteiger partial charge in [-0.2, -0.15) is 5.26 Å². The average molecular weight is 188 g/mol. The number of nitrogen functional groups attached to an aromatic ring is 1. The Labute approximate surface area is 80.9 Å². The Kier molecular flexibility index (Phi) is 2.87. The molecule has 0 spiro atoms. The number of anilines is 1. The summed E-state index contributed by atoms with van der Waals surface area (Å²) in [5.74, 6) is -1.23. The zero-order valence-corrected chi connectivity index (χ0v) is 7.27. The first-order chi connectivity index (χ1) is 6.63. The van der Waals surface area contributed by atoms with Gasteiger partial charge in [-0.3, -0.25) is 0 Å². The maximum absolute atomic E-state index is 10.5. The molecule has 0 bridgehead atoms. The van der Waals surface area contributed by atoms with Gasteiger partial charge in [-0.1, -0.05) is 12.1 Å². The number of nitrogens with two attached hydrogens (primary N) is 1. The van der Waals surface area contributed by atoms with Crippen LogP contribution in [-0.4, -0.2) is 11.1 Å². The second-order valence-electron chi connectivity index (χ2n) is 2.64. The molecule has 0 unspecified atom stereocenters. The molecular weight excluding hydrogens is 180 g/mol. The summed E-state index contributed by atoms with van der Waals surface area (Å²) < 4.78 is 0. The van der Waals surface area contributed by atoms with Crippen molar-refractivity contribution in [1.29, 1.82) is 5.26 Å². The second kappa shape index (κ2) is 4.10. The molecule has 1 aromatic carbocycles. The molecule has 1 aromatic rings. The predicted octanol–water partition coefficient (Wildman–Crippen LogP) is 1.26. The molecule has 0 saturated heterocycles. The predicted molar refractivity (Wildman–Crippen MR) is 52.1 cm³/mol. The fourth-order valence-electron chi connectivity index (χ4n) is 0.901. The molecule has 3 N–H and O–H groups in total. The fraction of sp³-hybridized carbons (Fsp3) is 0. The molecule has 0 aliphatic carbocycles. The van der Waals surface area contributed by atoms with Crippen molar-refractivity contribution in [3.05, 3.63) is 35.4 Å². The third-order valence-electron chi connectivity index (χ3n) is 1.60. The van der Waals surface area contributed by atoms with Crippen molar-refractivity contribution in [3.63, 3.8) is 0 Å². The Morgan fingerprint density at radius 2 is 2.00 bits per heavy atom. The van der Waals surface area contributed by atoms with Crippen molar-refractivity contribution in [2.75, 3.05) is 5.73 Å². The molecule has 0 atom stereocenters. The Morgan fingerprint density at radius 1 is 1.43 bits per heavy atom. The number of hydrogen-bond acceptors (Lipinski definition) is 3. The number of carboxylic acid groups (broad SMARTS) is 1. The van der Waals surface area contributed by atoms with Gasteiger partial charge in [0.25, 0.3) is 0 Å². The van der Waals surface area contributed by atoms with Gasteiger partial charge >= 0.3 is 5.97 Å². The quantitative estimate of drug-likeness (QED) is 0.415. The highest BCUT2D eigenvalue weighted by molar-refractivity contribution is 5.96. The maximum atomic E-state index is 10.5. The summed E-state index contributed by atoms with van der Waals surface area (Å²) in [5, 5.41) is 17.1. The topological polar surface area (TPSA) is 87.1 Å². The van der Waals surface area contributed by atoms with E-state index in [-0.39, 0.29) is 5.57 Å². The van der Waals surface area contributed by atoms with Crippen LogP contribution >= 0.6 is 0 Å². The van der Waals surface area contributed by atoms with E-state index >= 15 is 0 Å². The summed E-state index contributed by atoms with van der Waals surface area (Å²) in [5.41, 5.74) is 6.38. The summed E-state index contributed by atoms with van der Waals surface area (Å²) in [4.78, 5) is 10.5. The zero-order chi connectivity index (χ0) is 10.6. The summed E-state index contributed by atoms with van der Waals surface area (Å²) in [7, 11) is 0. The largest absolute Gasteiger partial charge is 0.477 e. The van der Waals surface area contributed by atoms with Crippen LogP contribution in [0.2, 0.25) is 0 Å². The first-order valence-corrected chi connectivity index (χ1v) is 3.84. The third kappa shape index (κ3) is 2.35. The van der Waals surface area contributed by atoms with Gasteiger partial charge in [0.2, 0.25) is 0 Å². The molecule has 0 aliphatic rings. The van der Waals surface area contributed by atoms with E-state index in [1.807, 2.05) is 0 Å². The molecule has 4 nitrogen and oxygen atoms in total. The lowest BCUT2D eigenvalue weighted by Crippen LogP contribution is -1.97. The van der Waals surface area contributed by atoms with Gasteiger partial charge in [0.05, 0.1) is 0 Å². The Bertz CT molecular complexity index is 413. The van der Waals surface area contributed by atoms with Gasteiger partial charge in [0, 0.05) is 5.69 Å². The maximum Gasteiger partial charge on any atom is 0.346 e. The van der Waals surface area contributed by atoms with Crippen molar-refractivity contribution >= 4 is 17.7 Å². The normalized spacial score (nSPS) is 10.6. The molecule has 0 saturated carbocycles. The summed E-state index contributed by atoms with van der Waals surface area (Å²) >= 11 is 0. The van der Waals surface area contributed by atoms with Crippen LogP contribution in [0, 0.1) is 11.3 Å². The standard InChI is InChI=1S/C10H8N2O2/c11-6-8(10(13)14)5-7-1-3-9(12)4-2-7/h1-5H,12H2,(H,13,14)/b8-5+. The highest BCUT2D eigenvalue weighted by Crippen LogP contribution is 2.09. The number of benzene rings is 1. The number of hydrogen-bond donors (Lipinski definition) is 2. The number of carboxylic acids is 1. The van der Waals surface area contributed by atoms with Crippen LogP contribution in [0.25, 0.3) is 6.08 Å². The molecule has 0 fully saturated rings. The van der Waals surface area contributed by atoms with Crippen LogP contribution in [-0.2, 0) is 4.79 Å². The number of carbonyl (C=O) groups is 1. The van der Waals surface area contributed by atoms with Crippen LogP contribution in [0.5, 0.6) is 0 Å². The smallest absolute Gasteiger partial charge is 0.346 e. The van der Waals surface area contributed by atoms with E-state index in [0.29, 0.717) is 11.3 Å². The fourth-order valence-corrected chi connectivity index (χ4v) is 0.901. The molecule has 0 radical (unpaired) electrons. The minimum atomic E-state index is -1.23. The van der Waals surface area contributed by atoms with Crippen LogP contribution in [0.3, 0.4) is 0 Å². The molecule has 14 heavy (non-hydrogen) atoms. The highest BCUT2D eigenvalue weighted by Gasteiger charge is 2.04. The van der Waals surface area contributed by atoms with Gasteiger partial charge < -0.3 is 10.8 Å². The lowest BCUT2D eigenvalue weighted by molar-refractivity contribution is -0.132.